The van der Waals surface area contributed by atoms with Crippen LogP contribution in [0.2, 0.25) is 0 Å². The van der Waals surface area contributed by atoms with Crippen molar-refractivity contribution < 1.29 is 14.6 Å². The fraction of sp³-hybridized carbons (Fsp3) is 0.562. The zero-order valence-electron chi connectivity index (χ0n) is 12.2. The van der Waals surface area contributed by atoms with Gasteiger partial charge in [-0.05, 0) is 37.0 Å². The van der Waals surface area contributed by atoms with Gasteiger partial charge in [0, 0.05) is 19.1 Å². The number of carboxylic acids is 1. The molecule has 0 spiro atoms. The van der Waals surface area contributed by atoms with Crippen LogP contribution >= 0.6 is 0 Å². The second kappa shape index (κ2) is 6.75. The number of hydrogen-bond acceptors (Lipinski definition) is 3. The number of carboxylic acid groups (broad SMARTS) is 1. The molecule has 1 aliphatic heterocycles. The standard InChI is InChI=1S/C16H23NO3/c1-12-9-13(2)17(11-12)7-8-20-15-5-3-14(4-6-15)10-16(18)19/h3-6,12-13H,7-11H2,1-2H3,(H,18,19). The summed E-state index contributed by atoms with van der Waals surface area (Å²) in [6.07, 6.45) is 1.33. The monoisotopic (exact) mass is 277 g/mol. The second-order valence-corrected chi connectivity index (χ2v) is 5.75. The molecule has 0 amide bonds. The van der Waals surface area contributed by atoms with Crippen LogP contribution in [-0.4, -0.2) is 41.7 Å². The summed E-state index contributed by atoms with van der Waals surface area (Å²) in [6.45, 7) is 7.34. The minimum Gasteiger partial charge on any atom is -0.492 e. The van der Waals surface area contributed by atoms with E-state index in [1.165, 1.54) is 6.42 Å². The van der Waals surface area contributed by atoms with Gasteiger partial charge in [0.25, 0.3) is 0 Å². The molecule has 0 bridgehead atoms. The Balaban J connectivity index is 1.75. The predicted octanol–water partition coefficient (Wildman–Crippen LogP) is 2.42. The number of nitrogens with zero attached hydrogens (tertiary/aromatic N) is 1. The topological polar surface area (TPSA) is 49.8 Å². The van der Waals surface area contributed by atoms with Crippen LogP contribution in [0.15, 0.2) is 24.3 Å². The highest BCUT2D eigenvalue weighted by molar-refractivity contribution is 5.70. The molecule has 0 aromatic heterocycles. The molecule has 1 N–H and O–H groups in total. The van der Waals surface area contributed by atoms with Gasteiger partial charge in [0.05, 0.1) is 6.42 Å². The first kappa shape index (κ1) is 14.9. The van der Waals surface area contributed by atoms with Crippen molar-refractivity contribution in [1.82, 2.24) is 4.90 Å². The highest BCUT2D eigenvalue weighted by Crippen LogP contribution is 2.21. The molecule has 1 aromatic carbocycles. The van der Waals surface area contributed by atoms with Crippen molar-refractivity contribution in [2.45, 2.75) is 32.7 Å². The number of likely N-dealkylation sites (tertiary alicyclic amines) is 1. The fourth-order valence-electron chi connectivity index (χ4n) is 2.86. The van der Waals surface area contributed by atoms with Crippen molar-refractivity contribution in [2.24, 2.45) is 5.92 Å². The van der Waals surface area contributed by atoms with Gasteiger partial charge in [-0.1, -0.05) is 19.1 Å². The molecular weight excluding hydrogens is 254 g/mol. The maximum absolute atomic E-state index is 10.6. The quantitative estimate of drug-likeness (QED) is 0.867. The van der Waals surface area contributed by atoms with Gasteiger partial charge in [-0.15, -0.1) is 0 Å². The van der Waals surface area contributed by atoms with E-state index in [9.17, 15) is 4.79 Å². The molecule has 1 aliphatic rings. The summed E-state index contributed by atoms with van der Waals surface area (Å²) in [7, 11) is 0. The van der Waals surface area contributed by atoms with Crippen molar-refractivity contribution in [3.8, 4) is 5.75 Å². The van der Waals surface area contributed by atoms with E-state index in [1.807, 2.05) is 24.3 Å². The van der Waals surface area contributed by atoms with E-state index in [4.69, 9.17) is 9.84 Å². The summed E-state index contributed by atoms with van der Waals surface area (Å²) in [5.41, 5.74) is 0.798. The molecule has 1 saturated heterocycles. The van der Waals surface area contributed by atoms with Crippen LogP contribution in [-0.2, 0) is 11.2 Å². The first-order chi connectivity index (χ1) is 9.54. The van der Waals surface area contributed by atoms with E-state index >= 15 is 0 Å². The molecule has 4 heteroatoms. The molecule has 1 heterocycles. The van der Waals surface area contributed by atoms with Crippen LogP contribution in [0.1, 0.15) is 25.8 Å². The Labute approximate surface area is 120 Å². The number of ether oxygens (including phenoxy) is 1. The SMILES string of the molecule is CC1CC(C)N(CCOc2ccc(CC(=O)O)cc2)C1. The smallest absolute Gasteiger partial charge is 0.307 e. The molecule has 1 aromatic rings. The fourth-order valence-corrected chi connectivity index (χ4v) is 2.86. The predicted molar refractivity (Wildman–Crippen MR) is 78.1 cm³/mol. The largest absolute Gasteiger partial charge is 0.492 e. The van der Waals surface area contributed by atoms with Gasteiger partial charge < -0.3 is 9.84 Å². The van der Waals surface area contributed by atoms with E-state index in [1.54, 1.807) is 0 Å². The molecule has 1 fully saturated rings. The molecule has 0 saturated carbocycles. The third-order valence-electron chi connectivity index (χ3n) is 3.84. The Bertz CT molecular complexity index is 444. The van der Waals surface area contributed by atoms with E-state index in [-0.39, 0.29) is 6.42 Å². The minimum absolute atomic E-state index is 0.0590. The summed E-state index contributed by atoms with van der Waals surface area (Å²) < 4.78 is 5.72. The van der Waals surface area contributed by atoms with Gasteiger partial charge in [-0.2, -0.15) is 0 Å². The van der Waals surface area contributed by atoms with Gasteiger partial charge >= 0.3 is 5.97 Å². The molecule has 2 unspecified atom stereocenters. The number of aliphatic carboxylic acids is 1. The molecule has 2 atom stereocenters. The maximum atomic E-state index is 10.6. The lowest BCUT2D eigenvalue weighted by atomic mass is 10.1. The molecule has 110 valence electrons. The van der Waals surface area contributed by atoms with E-state index in [0.29, 0.717) is 12.6 Å². The molecular formula is C16H23NO3. The number of carbonyl (C=O) groups is 1. The highest BCUT2D eigenvalue weighted by Gasteiger charge is 2.25. The summed E-state index contributed by atoms with van der Waals surface area (Å²) in [6, 6.07) is 7.95. The summed E-state index contributed by atoms with van der Waals surface area (Å²) >= 11 is 0. The Morgan fingerprint density at radius 2 is 2.05 bits per heavy atom. The van der Waals surface area contributed by atoms with Crippen LogP contribution in [0.3, 0.4) is 0 Å². The van der Waals surface area contributed by atoms with Crippen LogP contribution < -0.4 is 4.74 Å². The van der Waals surface area contributed by atoms with Crippen molar-refractivity contribution in [1.29, 1.82) is 0 Å². The lowest BCUT2D eigenvalue weighted by molar-refractivity contribution is -0.136. The minimum atomic E-state index is -0.809. The summed E-state index contributed by atoms with van der Waals surface area (Å²) in [5, 5.41) is 8.71. The Morgan fingerprint density at radius 1 is 1.35 bits per heavy atom. The first-order valence-corrected chi connectivity index (χ1v) is 7.22. The van der Waals surface area contributed by atoms with Crippen molar-refractivity contribution >= 4 is 5.97 Å². The van der Waals surface area contributed by atoms with Gasteiger partial charge in [0.15, 0.2) is 0 Å². The Hall–Kier alpha value is -1.55. The van der Waals surface area contributed by atoms with Crippen molar-refractivity contribution in [3.05, 3.63) is 29.8 Å². The average Bonchev–Trinajstić information content (AvgIpc) is 2.69. The first-order valence-electron chi connectivity index (χ1n) is 7.22. The number of hydrogen-bond donors (Lipinski definition) is 1. The van der Waals surface area contributed by atoms with Crippen LogP contribution in [0, 0.1) is 5.92 Å². The van der Waals surface area contributed by atoms with E-state index in [0.717, 1.165) is 30.3 Å². The average molecular weight is 277 g/mol. The van der Waals surface area contributed by atoms with Gasteiger partial charge in [-0.25, -0.2) is 0 Å². The lowest BCUT2D eigenvalue weighted by Gasteiger charge is -2.20. The van der Waals surface area contributed by atoms with Crippen LogP contribution in [0.25, 0.3) is 0 Å². The normalized spacial score (nSPS) is 22.9. The van der Waals surface area contributed by atoms with Gasteiger partial charge in [0.2, 0.25) is 0 Å². The molecule has 2 rings (SSSR count). The molecule has 0 radical (unpaired) electrons. The Kier molecular flexibility index (Phi) is 5.01. The van der Waals surface area contributed by atoms with E-state index in [2.05, 4.69) is 18.7 Å². The lowest BCUT2D eigenvalue weighted by Crippen LogP contribution is -2.31. The molecule has 20 heavy (non-hydrogen) atoms. The summed E-state index contributed by atoms with van der Waals surface area (Å²) in [4.78, 5) is 13.1. The summed E-state index contributed by atoms with van der Waals surface area (Å²) in [5.74, 6) is 0.773. The Morgan fingerprint density at radius 3 is 2.60 bits per heavy atom. The van der Waals surface area contributed by atoms with Gasteiger partial charge in [0.1, 0.15) is 12.4 Å². The van der Waals surface area contributed by atoms with Crippen LogP contribution in [0.4, 0.5) is 0 Å². The zero-order valence-corrected chi connectivity index (χ0v) is 12.2. The van der Waals surface area contributed by atoms with Crippen molar-refractivity contribution in [3.63, 3.8) is 0 Å². The van der Waals surface area contributed by atoms with Crippen LogP contribution in [0.5, 0.6) is 5.75 Å². The molecule has 0 aliphatic carbocycles. The third-order valence-corrected chi connectivity index (χ3v) is 3.84. The third kappa shape index (κ3) is 4.23. The van der Waals surface area contributed by atoms with E-state index < -0.39 is 5.97 Å². The van der Waals surface area contributed by atoms with Gasteiger partial charge in [-0.3, -0.25) is 9.69 Å². The number of benzene rings is 1. The van der Waals surface area contributed by atoms with Crippen molar-refractivity contribution in [2.75, 3.05) is 19.7 Å². The highest BCUT2D eigenvalue weighted by atomic mass is 16.5. The molecule has 4 nitrogen and oxygen atoms in total. The zero-order chi connectivity index (χ0) is 14.5. The second-order valence-electron chi connectivity index (χ2n) is 5.75. The number of rotatable bonds is 6. The maximum Gasteiger partial charge on any atom is 0.307 e.